The van der Waals surface area contributed by atoms with Crippen molar-refractivity contribution in [1.82, 2.24) is 4.90 Å². The van der Waals surface area contributed by atoms with Crippen molar-refractivity contribution in [3.8, 4) is 0 Å². The van der Waals surface area contributed by atoms with Crippen LogP contribution in [0.15, 0.2) is 42.5 Å². The molecule has 2 rings (SSSR count). The summed E-state index contributed by atoms with van der Waals surface area (Å²) >= 11 is 0. The van der Waals surface area contributed by atoms with Crippen LogP contribution in [-0.2, 0) is 6.42 Å². The Morgan fingerprint density at radius 2 is 1.82 bits per heavy atom. The molecule has 2 aromatic rings. The SMILES string of the molecule is CC(C)(C)N(C[C@H](N)Cc1ccc2ccccc2c1)C(=O)O. The molecule has 4 nitrogen and oxygen atoms in total. The molecule has 0 aromatic heterocycles. The molecule has 118 valence electrons. The second-order valence-electron chi connectivity index (χ2n) is 6.71. The number of nitrogens with two attached hydrogens (primary N) is 1. The number of fused-ring (bicyclic) bond motifs is 1. The van der Waals surface area contributed by atoms with Gasteiger partial charge in [-0.25, -0.2) is 4.79 Å². The molecule has 4 heteroatoms. The van der Waals surface area contributed by atoms with Crippen molar-refractivity contribution >= 4 is 16.9 Å². The molecule has 0 aliphatic heterocycles. The maximum Gasteiger partial charge on any atom is 0.407 e. The third kappa shape index (κ3) is 3.98. The molecule has 2 aromatic carbocycles. The zero-order valence-corrected chi connectivity index (χ0v) is 13.4. The lowest BCUT2D eigenvalue weighted by molar-refractivity contribution is 0.0960. The van der Waals surface area contributed by atoms with Gasteiger partial charge in [0, 0.05) is 18.1 Å². The molecule has 3 N–H and O–H groups in total. The lowest BCUT2D eigenvalue weighted by atomic mass is 10.00. The normalized spacial score (nSPS) is 13.1. The van der Waals surface area contributed by atoms with Crippen molar-refractivity contribution < 1.29 is 9.90 Å². The minimum absolute atomic E-state index is 0.225. The van der Waals surface area contributed by atoms with Crippen LogP contribution in [0.4, 0.5) is 4.79 Å². The van der Waals surface area contributed by atoms with Crippen LogP contribution in [-0.4, -0.2) is 34.2 Å². The van der Waals surface area contributed by atoms with Crippen LogP contribution in [0, 0.1) is 0 Å². The second-order valence-corrected chi connectivity index (χ2v) is 6.71. The Morgan fingerprint density at radius 1 is 1.18 bits per heavy atom. The average Bonchev–Trinajstić information content (AvgIpc) is 2.43. The fourth-order valence-electron chi connectivity index (χ4n) is 2.61. The number of carboxylic acid groups (broad SMARTS) is 1. The number of nitrogens with zero attached hydrogens (tertiary/aromatic N) is 1. The maximum absolute atomic E-state index is 11.4. The summed E-state index contributed by atoms with van der Waals surface area (Å²) in [6.45, 7) is 5.96. The van der Waals surface area contributed by atoms with Crippen LogP contribution in [0.5, 0.6) is 0 Å². The van der Waals surface area contributed by atoms with Crippen molar-refractivity contribution in [2.24, 2.45) is 5.73 Å². The first-order chi connectivity index (χ1) is 10.3. The minimum atomic E-state index is -0.929. The first-order valence-corrected chi connectivity index (χ1v) is 7.51. The van der Waals surface area contributed by atoms with Gasteiger partial charge in [0.05, 0.1) is 0 Å². The van der Waals surface area contributed by atoms with E-state index in [1.807, 2.05) is 32.9 Å². The Morgan fingerprint density at radius 3 is 2.41 bits per heavy atom. The van der Waals surface area contributed by atoms with Gasteiger partial charge in [0.15, 0.2) is 0 Å². The number of benzene rings is 2. The van der Waals surface area contributed by atoms with Crippen LogP contribution in [0.3, 0.4) is 0 Å². The lowest BCUT2D eigenvalue weighted by Gasteiger charge is -2.35. The molecule has 0 aliphatic rings. The van der Waals surface area contributed by atoms with E-state index < -0.39 is 11.6 Å². The monoisotopic (exact) mass is 300 g/mol. The number of rotatable bonds is 4. The van der Waals surface area contributed by atoms with E-state index >= 15 is 0 Å². The van der Waals surface area contributed by atoms with Gasteiger partial charge in [0.2, 0.25) is 0 Å². The molecule has 0 saturated carbocycles. The Bertz CT molecular complexity index is 661. The molecule has 0 aliphatic carbocycles. The summed E-state index contributed by atoms with van der Waals surface area (Å²) in [4.78, 5) is 12.8. The van der Waals surface area contributed by atoms with E-state index in [2.05, 4.69) is 30.3 Å². The Labute approximate surface area is 131 Å². The Hall–Kier alpha value is -2.07. The Balaban J connectivity index is 2.09. The van der Waals surface area contributed by atoms with Crippen molar-refractivity contribution in [1.29, 1.82) is 0 Å². The van der Waals surface area contributed by atoms with E-state index in [-0.39, 0.29) is 6.04 Å². The van der Waals surface area contributed by atoms with Crippen LogP contribution < -0.4 is 5.73 Å². The van der Waals surface area contributed by atoms with Crippen molar-refractivity contribution in [2.75, 3.05) is 6.54 Å². The highest BCUT2D eigenvalue weighted by molar-refractivity contribution is 5.83. The average molecular weight is 300 g/mol. The molecule has 0 spiro atoms. The molecule has 0 bridgehead atoms. The third-order valence-electron chi connectivity index (χ3n) is 3.77. The molecule has 0 radical (unpaired) electrons. The summed E-state index contributed by atoms with van der Waals surface area (Å²) in [6, 6.07) is 14.2. The number of amides is 1. The van der Waals surface area contributed by atoms with Crippen LogP contribution in [0.2, 0.25) is 0 Å². The highest BCUT2D eigenvalue weighted by Gasteiger charge is 2.27. The first kappa shape index (κ1) is 16.3. The smallest absolute Gasteiger partial charge is 0.407 e. The molecule has 1 amide bonds. The summed E-state index contributed by atoms with van der Waals surface area (Å²) < 4.78 is 0. The van der Waals surface area contributed by atoms with E-state index in [1.54, 1.807) is 0 Å². The molecule has 0 unspecified atom stereocenters. The van der Waals surface area contributed by atoms with E-state index in [9.17, 15) is 9.90 Å². The lowest BCUT2D eigenvalue weighted by Crippen LogP contribution is -2.50. The van der Waals surface area contributed by atoms with E-state index in [0.29, 0.717) is 13.0 Å². The predicted octanol–water partition coefficient (Wildman–Crippen LogP) is 3.49. The van der Waals surface area contributed by atoms with Gasteiger partial charge < -0.3 is 15.7 Å². The zero-order chi connectivity index (χ0) is 16.3. The molecular weight excluding hydrogens is 276 g/mol. The van der Waals surface area contributed by atoms with Crippen molar-refractivity contribution in [3.63, 3.8) is 0 Å². The zero-order valence-electron chi connectivity index (χ0n) is 13.4. The highest BCUT2D eigenvalue weighted by Crippen LogP contribution is 2.18. The van der Waals surface area contributed by atoms with E-state index in [1.165, 1.54) is 15.7 Å². The quantitative estimate of drug-likeness (QED) is 0.908. The fourth-order valence-corrected chi connectivity index (χ4v) is 2.61. The molecule has 0 heterocycles. The topological polar surface area (TPSA) is 66.6 Å². The highest BCUT2D eigenvalue weighted by atomic mass is 16.4. The number of hydrogen-bond acceptors (Lipinski definition) is 2. The second kappa shape index (κ2) is 6.36. The van der Waals surface area contributed by atoms with Crippen molar-refractivity contribution in [2.45, 2.75) is 38.8 Å². The molecular formula is C18H24N2O2. The predicted molar refractivity (Wildman–Crippen MR) is 90.1 cm³/mol. The first-order valence-electron chi connectivity index (χ1n) is 7.51. The van der Waals surface area contributed by atoms with Gasteiger partial charge in [-0.3, -0.25) is 0 Å². The van der Waals surface area contributed by atoms with Gasteiger partial charge in [-0.2, -0.15) is 0 Å². The van der Waals surface area contributed by atoms with Crippen LogP contribution in [0.1, 0.15) is 26.3 Å². The van der Waals surface area contributed by atoms with Crippen LogP contribution in [0.25, 0.3) is 10.8 Å². The fraction of sp³-hybridized carbons (Fsp3) is 0.389. The van der Waals surface area contributed by atoms with Gasteiger partial charge in [0.1, 0.15) is 0 Å². The summed E-state index contributed by atoms with van der Waals surface area (Å²) in [7, 11) is 0. The van der Waals surface area contributed by atoms with Crippen molar-refractivity contribution in [3.05, 3.63) is 48.0 Å². The standard InChI is InChI=1S/C18H24N2O2/c1-18(2,3)20(17(21)22)12-16(19)11-13-8-9-14-6-4-5-7-15(14)10-13/h4-10,16H,11-12,19H2,1-3H3,(H,21,22)/t16-/m1/s1. The molecule has 0 fully saturated rings. The largest absolute Gasteiger partial charge is 0.465 e. The van der Waals surface area contributed by atoms with Gasteiger partial charge in [-0.1, -0.05) is 42.5 Å². The number of carbonyl (C=O) groups is 1. The molecule has 22 heavy (non-hydrogen) atoms. The minimum Gasteiger partial charge on any atom is -0.465 e. The van der Waals surface area contributed by atoms with Gasteiger partial charge >= 0.3 is 6.09 Å². The maximum atomic E-state index is 11.4. The summed E-state index contributed by atoms with van der Waals surface area (Å²) in [6.07, 6.45) is -0.272. The third-order valence-corrected chi connectivity index (χ3v) is 3.77. The Kier molecular flexibility index (Phi) is 4.71. The van der Waals surface area contributed by atoms with Gasteiger partial charge in [-0.05, 0) is 43.5 Å². The van der Waals surface area contributed by atoms with E-state index in [4.69, 9.17) is 5.73 Å². The summed E-state index contributed by atoms with van der Waals surface area (Å²) in [5, 5.41) is 11.7. The van der Waals surface area contributed by atoms with Gasteiger partial charge in [-0.15, -0.1) is 0 Å². The summed E-state index contributed by atoms with van der Waals surface area (Å²) in [5.74, 6) is 0. The van der Waals surface area contributed by atoms with E-state index in [0.717, 1.165) is 5.56 Å². The number of hydrogen-bond donors (Lipinski definition) is 2. The molecule has 1 atom stereocenters. The van der Waals surface area contributed by atoms with Crippen LogP contribution >= 0.6 is 0 Å². The summed E-state index contributed by atoms with van der Waals surface area (Å²) in [5.41, 5.74) is 6.86. The van der Waals surface area contributed by atoms with Gasteiger partial charge in [0.25, 0.3) is 0 Å². The molecule has 0 saturated heterocycles.